The molecular weight excluding hydrogens is 324 g/mol. The van der Waals surface area contributed by atoms with E-state index in [4.69, 9.17) is 5.73 Å². The fraction of sp³-hybridized carbons (Fsp3) is 0.438. The molecule has 3 rings (SSSR count). The van der Waals surface area contributed by atoms with Gasteiger partial charge in [0.15, 0.2) is 0 Å². The topological polar surface area (TPSA) is 120 Å². The van der Waals surface area contributed by atoms with Gasteiger partial charge in [-0.05, 0) is 38.3 Å². The molecule has 0 saturated carbocycles. The molecule has 1 aromatic heterocycles. The Morgan fingerprint density at radius 1 is 1.44 bits per heavy atom. The molecule has 1 fully saturated rings. The molecule has 1 saturated heterocycles. The number of nitrogens with zero attached hydrogens (tertiary/aromatic N) is 5. The number of amides is 1. The SMILES string of the molecule is CC(N)C1CCCCN1C(=O)c1ccc(-n2cncn2)c([N+](=O)[O-])c1. The lowest BCUT2D eigenvalue weighted by Crippen LogP contribution is -2.51. The van der Waals surface area contributed by atoms with Crippen LogP contribution in [-0.2, 0) is 0 Å². The van der Waals surface area contributed by atoms with Gasteiger partial charge in [0.05, 0.1) is 4.92 Å². The minimum Gasteiger partial charge on any atom is -0.334 e. The summed E-state index contributed by atoms with van der Waals surface area (Å²) in [5, 5.41) is 15.4. The molecule has 25 heavy (non-hydrogen) atoms. The second-order valence-corrected chi connectivity index (χ2v) is 6.22. The highest BCUT2D eigenvalue weighted by atomic mass is 16.6. The summed E-state index contributed by atoms with van der Waals surface area (Å²) in [6.45, 7) is 2.50. The minimum absolute atomic E-state index is 0.0460. The quantitative estimate of drug-likeness (QED) is 0.663. The first-order chi connectivity index (χ1) is 12.0. The van der Waals surface area contributed by atoms with E-state index in [-0.39, 0.29) is 34.9 Å². The Balaban J connectivity index is 1.95. The van der Waals surface area contributed by atoms with Crippen LogP contribution in [0.25, 0.3) is 5.69 Å². The number of piperidine rings is 1. The van der Waals surface area contributed by atoms with Gasteiger partial charge in [-0.25, -0.2) is 9.67 Å². The molecule has 1 aliphatic rings. The van der Waals surface area contributed by atoms with Crippen molar-refractivity contribution in [2.24, 2.45) is 5.73 Å². The molecule has 0 bridgehead atoms. The Morgan fingerprint density at radius 3 is 2.88 bits per heavy atom. The Labute approximate surface area is 144 Å². The summed E-state index contributed by atoms with van der Waals surface area (Å²) in [5.74, 6) is -0.227. The lowest BCUT2D eigenvalue weighted by Gasteiger charge is -2.38. The van der Waals surface area contributed by atoms with Gasteiger partial charge in [-0.2, -0.15) is 5.10 Å². The lowest BCUT2D eigenvalue weighted by molar-refractivity contribution is -0.384. The van der Waals surface area contributed by atoms with Crippen LogP contribution < -0.4 is 5.73 Å². The van der Waals surface area contributed by atoms with Crippen molar-refractivity contribution in [3.63, 3.8) is 0 Å². The first-order valence-electron chi connectivity index (χ1n) is 8.19. The Morgan fingerprint density at radius 2 is 2.24 bits per heavy atom. The van der Waals surface area contributed by atoms with Crippen molar-refractivity contribution in [3.05, 3.63) is 46.5 Å². The normalized spacial score (nSPS) is 18.8. The van der Waals surface area contributed by atoms with Gasteiger partial charge in [-0.15, -0.1) is 0 Å². The molecule has 1 aliphatic heterocycles. The Bertz CT molecular complexity index is 774. The number of hydrogen-bond donors (Lipinski definition) is 1. The number of nitro groups is 1. The van der Waals surface area contributed by atoms with E-state index < -0.39 is 4.92 Å². The predicted octanol–water partition coefficient (Wildman–Crippen LogP) is 1.52. The first-order valence-corrected chi connectivity index (χ1v) is 8.19. The van der Waals surface area contributed by atoms with Crippen molar-refractivity contribution in [3.8, 4) is 5.69 Å². The maximum atomic E-state index is 12.9. The van der Waals surface area contributed by atoms with Crippen LogP contribution in [0.1, 0.15) is 36.5 Å². The molecule has 1 aromatic carbocycles. The summed E-state index contributed by atoms with van der Waals surface area (Å²) in [6.07, 6.45) is 5.46. The van der Waals surface area contributed by atoms with E-state index in [2.05, 4.69) is 10.1 Å². The Kier molecular flexibility index (Phi) is 4.75. The number of nitrogens with two attached hydrogens (primary N) is 1. The smallest absolute Gasteiger partial charge is 0.295 e. The van der Waals surface area contributed by atoms with Gasteiger partial charge in [0.1, 0.15) is 18.3 Å². The lowest BCUT2D eigenvalue weighted by atomic mass is 9.96. The fourth-order valence-corrected chi connectivity index (χ4v) is 3.25. The summed E-state index contributed by atoms with van der Waals surface area (Å²) < 4.78 is 1.30. The van der Waals surface area contributed by atoms with E-state index in [1.807, 2.05) is 6.92 Å². The second-order valence-electron chi connectivity index (χ2n) is 6.22. The molecule has 9 nitrogen and oxygen atoms in total. The van der Waals surface area contributed by atoms with Crippen molar-refractivity contribution in [1.82, 2.24) is 19.7 Å². The van der Waals surface area contributed by atoms with E-state index in [1.54, 1.807) is 11.0 Å². The molecule has 2 heterocycles. The average Bonchev–Trinajstić information content (AvgIpc) is 3.15. The second kappa shape index (κ2) is 6.98. The number of likely N-dealkylation sites (tertiary alicyclic amines) is 1. The molecule has 2 unspecified atom stereocenters. The van der Waals surface area contributed by atoms with Gasteiger partial charge in [0.2, 0.25) is 0 Å². The van der Waals surface area contributed by atoms with E-state index >= 15 is 0 Å². The summed E-state index contributed by atoms with van der Waals surface area (Å²) in [7, 11) is 0. The van der Waals surface area contributed by atoms with Gasteiger partial charge in [0.25, 0.3) is 11.6 Å². The largest absolute Gasteiger partial charge is 0.334 e. The van der Waals surface area contributed by atoms with Crippen molar-refractivity contribution in [1.29, 1.82) is 0 Å². The van der Waals surface area contributed by atoms with Crippen molar-refractivity contribution >= 4 is 11.6 Å². The van der Waals surface area contributed by atoms with Gasteiger partial charge < -0.3 is 10.6 Å². The monoisotopic (exact) mass is 344 g/mol. The molecule has 0 aliphatic carbocycles. The first kappa shape index (κ1) is 17.0. The van der Waals surface area contributed by atoms with Gasteiger partial charge in [-0.1, -0.05) is 0 Å². The van der Waals surface area contributed by atoms with Crippen molar-refractivity contribution in [2.45, 2.75) is 38.3 Å². The zero-order valence-corrected chi connectivity index (χ0v) is 13.9. The van der Waals surface area contributed by atoms with E-state index in [0.29, 0.717) is 6.54 Å². The number of aromatic nitrogens is 3. The van der Waals surface area contributed by atoms with Crippen LogP contribution in [0, 0.1) is 10.1 Å². The average molecular weight is 344 g/mol. The third-order valence-corrected chi connectivity index (χ3v) is 4.50. The summed E-state index contributed by atoms with van der Waals surface area (Å²) >= 11 is 0. The highest BCUT2D eigenvalue weighted by Gasteiger charge is 2.31. The molecule has 9 heteroatoms. The van der Waals surface area contributed by atoms with Gasteiger partial charge in [0, 0.05) is 30.3 Å². The van der Waals surface area contributed by atoms with Crippen LogP contribution in [0.15, 0.2) is 30.9 Å². The van der Waals surface area contributed by atoms with Crippen LogP contribution in [0.5, 0.6) is 0 Å². The van der Waals surface area contributed by atoms with E-state index in [9.17, 15) is 14.9 Å². The fourth-order valence-electron chi connectivity index (χ4n) is 3.25. The van der Waals surface area contributed by atoms with Crippen molar-refractivity contribution in [2.75, 3.05) is 6.54 Å². The maximum absolute atomic E-state index is 12.9. The summed E-state index contributed by atoms with van der Waals surface area (Å²) in [4.78, 5) is 29.4. The standard InChI is InChI=1S/C16H20N6O3/c1-11(17)13-4-2-3-7-20(13)16(23)12-5-6-14(15(8-12)22(24)25)21-10-18-9-19-21/h5-6,8-11,13H,2-4,7,17H2,1H3. The number of hydrogen-bond acceptors (Lipinski definition) is 6. The predicted molar refractivity (Wildman–Crippen MR) is 90.3 cm³/mol. The zero-order chi connectivity index (χ0) is 18.0. The summed E-state index contributed by atoms with van der Waals surface area (Å²) in [5.41, 5.74) is 6.38. The van der Waals surface area contributed by atoms with E-state index in [1.165, 1.54) is 29.5 Å². The van der Waals surface area contributed by atoms with E-state index in [0.717, 1.165) is 19.3 Å². The molecular formula is C16H20N6O3. The van der Waals surface area contributed by atoms with Crippen LogP contribution >= 0.6 is 0 Å². The van der Waals surface area contributed by atoms with Gasteiger partial charge in [-0.3, -0.25) is 14.9 Å². The number of carbonyl (C=O) groups is 1. The van der Waals surface area contributed by atoms with Crippen LogP contribution in [0.4, 0.5) is 5.69 Å². The number of benzene rings is 1. The van der Waals surface area contributed by atoms with Crippen LogP contribution in [0.2, 0.25) is 0 Å². The number of rotatable bonds is 4. The third-order valence-electron chi connectivity index (χ3n) is 4.50. The van der Waals surface area contributed by atoms with Crippen molar-refractivity contribution < 1.29 is 9.72 Å². The molecule has 2 aromatic rings. The number of carbonyl (C=O) groups excluding carboxylic acids is 1. The highest BCUT2D eigenvalue weighted by molar-refractivity contribution is 5.95. The van der Waals surface area contributed by atoms with Crippen LogP contribution in [-0.4, -0.2) is 49.1 Å². The van der Waals surface area contributed by atoms with Crippen LogP contribution in [0.3, 0.4) is 0 Å². The minimum atomic E-state index is -0.521. The summed E-state index contributed by atoms with van der Waals surface area (Å²) in [6, 6.07) is 4.21. The molecule has 2 N–H and O–H groups in total. The highest BCUT2D eigenvalue weighted by Crippen LogP contribution is 2.26. The Hall–Kier alpha value is -2.81. The maximum Gasteiger partial charge on any atom is 0.295 e. The molecule has 0 spiro atoms. The molecule has 2 atom stereocenters. The molecule has 132 valence electrons. The third kappa shape index (κ3) is 3.36. The molecule has 1 amide bonds. The van der Waals surface area contributed by atoms with Gasteiger partial charge >= 0.3 is 0 Å². The zero-order valence-electron chi connectivity index (χ0n) is 13.9. The number of nitro benzene ring substituents is 1. The molecule has 0 radical (unpaired) electrons.